The van der Waals surface area contributed by atoms with Gasteiger partial charge in [0, 0.05) is 19.0 Å². The molecular weight excluding hydrogens is 162 g/mol. The fourth-order valence-electron chi connectivity index (χ4n) is 1.42. The Kier molecular flexibility index (Phi) is 2.88. The number of likely N-dealkylation sites (tertiary alicyclic amines) is 1. The molecular formula is C7H13NO4. The van der Waals surface area contributed by atoms with Crippen molar-refractivity contribution < 1.29 is 20.1 Å². The van der Waals surface area contributed by atoms with E-state index in [1.807, 2.05) is 0 Å². The predicted molar refractivity (Wildman–Crippen MR) is 40.8 cm³/mol. The highest BCUT2D eigenvalue weighted by Gasteiger charge is 2.30. The zero-order valence-corrected chi connectivity index (χ0v) is 6.68. The summed E-state index contributed by atoms with van der Waals surface area (Å²) in [5, 5.41) is 26.4. The smallest absolute Gasteiger partial charge is 0.407 e. The van der Waals surface area contributed by atoms with Gasteiger partial charge in [-0.3, -0.25) is 0 Å². The summed E-state index contributed by atoms with van der Waals surface area (Å²) in [5.74, 6) is -0.105. The van der Waals surface area contributed by atoms with Crippen molar-refractivity contribution in [3.8, 4) is 0 Å². The molecule has 0 saturated carbocycles. The maximum absolute atomic E-state index is 10.4. The van der Waals surface area contributed by atoms with Crippen molar-refractivity contribution in [3.05, 3.63) is 0 Å². The highest BCUT2D eigenvalue weighted by Crippen LogP contribution is 2.19. The number of hydrogen-bond acceptors (Lipinski definition) is 3. The van der Waals surface area contributed by atoms with Crippen LogP contribution in [0.25, 0.3) is 0 Å². The van der Waals surface area contributed by atoms with Crippen LogP contribution in [0.3, 0.4) is 0 Å². The summed E-state index contributed by atoms with van der Waals surface area (Å²) in [6.45, 7) is 0.492. The lowest BCUT2D eigenvalue weighted by atomic mass is 10.0. The SMILES string of the molecule is O=C(O)N1CC[C@H]([C@H](O)CO)C1. The first-order chi connectivity index (χ1) is 5.65. The molecule has 1 fully saturated rings. The molecule has 3 N–H and O–H groups in total. The second-order valence-electron chi connectivity index (χ2n) is 3.03. The van der Waals surface area contributed by atoms with Crippen LogP contribution in [-0.2, 0) is 0 Å². The third-order valence-electron chi connectivity index (χ3n) is 2.23. The fraction of sp³-hybridized carbons (Fsp3) is 0.857. The van der Waals surface area contributed by atoms with E-state index < -0.39 is 12.2 Å². The van der Waals surface area contributed by atoms with Gasteiger partial charge in [-0.15, -0.1) is 0 Å². The Balaban J connectivity index is 2.40. The second kappa shape index (κ2) is 3.73. The molecule has 5 heteroatoms. The summed E-state index contributed by atoms with van der Waals surface area (Å²) in [6, 6.07) is 0. The zero-order chi connectivity index (χ0) is 9.14. The maximum Gasteiger partial charge on any atom is 0.407 e. The molecule has 12 heavy (non-hydrogen) atoms. The molecule has 1 rings (SSSR count). The normalized spacial score (nSPS) is 25.8. The molecule has 1 aliphatic rings. The van der Waals surface area contributed by atoms with Gasteiger partial charge in [-0.25, -0.2) is 4.79 Å². The van der Waals surface area contributed by atoms with Crippen molar-refractivity contribution in [1.82, 2.24) is 4.90 Å². The Morgan fingerprint density at radius 1 is 1.67 bits per heavy atom. The van der Waals surface area contributed by atoms with Gasteiger partial charge < -0.3 is 20.2 Å². The highest BCUT2D eigenvalue weighted by atomic mass is 16.4. The van der Waals surface area contributed by atoms with Crippen LogP contribution >= 0.6 is 0 Å². The van der Waals surface area contributed by atoms with E-state index in [0.717, 1.165) is 0 Å². The minimum atomic E-state index is -0.956. The average Bonchev–Trinajstić information content (AvgIpc) is 2.51. The van der Waals surface area contributed by atoms with Crippen LogP contribution in [0.1, 0.15) is 6.42 Å². The zero-order valence-electron chi connectivity index (χ0n) is 6.68. The average molecular weight is 175 g/mol. The van der Waals surface area contributed by atoms with E-state index in [2.05, 4.69) is 0 Å². The summed E-state index contributed by atoms with van der Waals surface area (Å²) < 4.78 is 0. The summed E-state index contributed by atoms with van der Waals surface area (Å²) in [7, 11) is 0. The summed E-state index contributed by atoms with van der Waals surface area (Å²) >= 11 is 0. The Morgan fingerprint density at radius 3 is 2.75 bits per heavy atom. The minimum Gasteiger partial charge on any atom is -0.465 e. The van der Waals surface area contributed by atoms with Crippen molar-refractivity contribution in [2.24, 2.45) is 5.92 Å². The monoisotopic (exact) mass is 175 g/mol. The third-order valence-corrected chi connectivity index (χ3v) is 2.23. The number of rotatable bonds is 2. The van der Waals surface area contributed by atoms with Crippen LogP contribution in [-0.4, -0.2) is 52.1 Å². The van der Waals surface area contributed by atoms with Gasteiger partial charge in [0.15, 0.2) is 0 Å². The molecule has 1 aliphatic heterocycles. The first-order valence-corrected chi connectivity index (χ1v) is 3.92. The molecule has 0 aromatic rings. The number of carbonyl (C=O) groups is 1. The van der Waals surface area contributed by atoms with Crippen LogP contribution < -0.4 is 0 Å². The van der Waals surface area contributed by atoms with E-state index in [1.54, 1.807) is 0 Å². The van der Waals surface area contributed by atoms with Gasteiger partial charge >= 0.3 is 6.09 Å². The molecule has 0 bridgehead atoms. The Morgan fingerprint density at radius 2 is 2.33 bits per heavy atom. The quantitative estimate of drug-likeness (QED) is 0.520. The molecule has 5 nitrogen and oxygen atoms in total. The van der Waals surface area contributed by atoms with E-state index in [9.17, 15) is 9.90 Å². The van der Waals surface area contributed by atoms with Crippen molar-refractivity contribution in [2.45, 2.75) is 12.5 Å². The number of aliphatic hydroxyl groups excluding tert-OH is 2. The molecule has 1 amide bonds. The van der Waals surface area contributed by atoms with Crippen LogP contribution in [0.5, 0.6) is 0 Å². The van der Waals surface area contributed by atoms with E-state index in [4.69, 9.17) is 10.2 Å². The third kappa shape index (κ3) is 1.86. The number of hydrogen-bond donors (Lipinski definition) is 3. The summed E-state index contributed by atoms with van der Waals surface area (Å²) in [6.07, 6.45) is -1.11. The fourth-order valence-corrected chi connectivity index (χ4v) is 1.42. The van der Waals surface area contributed by atoms with E-state index >= 15 is 0 Å². The van der Waals surface area contributed by atoms with Crippen LogP contribution in [0.4, 0.5) is 4.79 Å². The van der Waals surface area contributed by atoms with Gasteiger partial charge in [-0.05, 0) is 6.42 Å². The lowest BCUT2D eigenvalue weighted by Gasteiger charge is -2.15. The number of amides is 1. The van der Waals surface area contributed by atoms with Crippen molar-refractivity contribution in [2.75, 3.05) is 19.7 Å². The largest absolute Gasteiger partial charge is 0.465 e. The minimum absolute atomic E-state index is 0.105. The van der Waals surface area contributed by atoms with Gasteiger partial charge in [0.05, 0.1) is 12.7 Å². The van der Waals surface area contributed by atoms with Gasteiger partial charge in [-0.1, -0.05) is 0 Å². The molecule has 1 saturated heterocycles. The van der Waals surface area contributed by atoms with Gasteiger partial charge in [-0.2, -0.15) is 0 Å². The molecule has 0 unspecified atom stereocenters. The second-order valence-corrected chi connectivity index (χ2v) is 3.03. The van der Waals surface area contributed by atoms with Gasteiger partial charge in [0.1, 0.15) is 0 Å². The number of carboxylic acid groups (broad SMARTS) is 1. The Hall–Kier alpha value is -0.810. The first-order valence-electron chi connectivity index (χ1n) is 3.92. The van der Waals surface area contributed by atoms with Crippen LogP contribution in [0.2, 0.25) is 0 Å². The van der Waals surface area contributed by atoms with Crippen molar-refractivity contribution in [1.29, 1.82) is 0 Å². The Labute approximate surface area is 70.2 Å². The molecule has 1 heterocycles. The maximum atomic E-state index is 10.4. The van der Waals surface area contributed by atoms with E-state index in [-0.39, 0.29) is 12.5 Å². The molecule has 70 valence electrons. The van der Waals surface area contributed by atoms with Crippen molar-refractivity contribution in [3.63, 3.8) is 0 Å². The van der Waals surface area contributed by atoms with Crippen molar-refractivity contribution >= 4 is 6.09 Å². The molecule has 0 aromatic heterocycles. The highest BCUT2D eigenvalue weighted by molar-refractivity contribution is 5.65. The summed E-state index contributed by atoms with van der Waals surface area (Å²) in [5.41, 5.74) is 0. The molecule has 0 spiro atoms. The standard InChI is InChI=1S/C7H13NO4/c9-4-6(10)5-1-2-8(3-5)7(11)12/h5-6,9-10H,1-4H2,(H,11,12)/t5-,6+/m0/s1. The molecule has 0 aliphatic carbocycles. The van der Waals surface area contributed by atoms with Gasteiger partial charge in [0.25, 0.3) is 0 Å². The lowest BCUT2D eigenvalue weighted by Crippen LogP contribution is -2.30. The molecule has 0 radical (unpaired) electrons. The molecule has 0 aromatic carbocycles. The van der Waals surface area contributed by atoms with E-state index in [0.29, 0.717) is 19.5 Å². The first kappa shape index (κ1) is 9.28. The Bertz CT molecular complexity index is 173. The van der Waals surface area contributed by atoms with E-state index in [1.165, 1.54) is 4.90 Å². The predicted octanol–water partition coefficient (Wildman–Crippen LogP) is -0.660. The lowest BCUT2D eigenvalue weighted by molar-refractivity contribution is 0.0499. The number of aliphatic hydroxyl groups is 2. The topological polar surface area (TPSA) is 81.0 Å². The number of nitrogens with zero attached hydrogens (tertiary/aromatic N) is 1. The summed E-state index contributed by atoms with van der Waals surface area (Å²) in [4.78, 5) is 11.7. The van der Waals surface area contributed by atoms with Crippen LogP contribution in [0, 0.1) is 5.92 Å². The molecule has 2 atom stereocenters. The van der Waals surface area contributed by atoms with Gasteiger partial charge in [0.2, 0.25) is 0 Å². The van der Waals surface area contributed by atoms with Crippen LogP contribution in [0.15, 0.2) is 0 Å².